The molecule has 2 aromatic rings. The van der Waals surface area contributed by atoms with E-state index in [4.69, 9.17) is 9.57 Å². The number of ether oxygens (including phenoxy) is 1. The second-order valence-electron chi connectivity index (χ2n) is 6.13. The third kappa shape index (κ3) is 4.35. The van der Waals surface area contributed by atoms with Crippen molar-refractivity contribution < 1.29 is 9.57 Å². The molecule has 0 amide bonds. The first-order valence-corrected chi connectivity index (χ1v) is 8.15. The van der Waals surface area contributed by atoms with Crippen molar-refractivity contribution in [2.75, 3.05) is 6.61 Å². The highest BCUT2D eigenvalue weighted by Gasteiger charge is 2.29. The highest BCUT2D eigenvalue weighted by atomic mass is 16.6. The number of benzene rings is 2. The fourth-order valence-electron chi connectivity index (χ4n) is 2.57. The van der Waals surface area contributed by atoms with Crippen LogP contribution in [0.5, 0.6) is 5.75 Å². The first-order chi connectivity index (χ1) is 11.2. The maximum absolute atomic E-state index is 6.02. The number of hydrogen-bond donors (Lipinski definition) is 0. The Morgan fingerprint density at radius 3 is 2.35 bits per heavy atom. The lowest BCUT2D eigenvalue weighted by Gasteiger charge is -2.13. The molecule has 1 fully saturated rings. The summed E-state index contributed by atoms with van der Waals surface area (Å²) in [5.41, 5.74) is 4.46. The van der Waals surface area contributed by atoms with Crippen molar-refractivity contribution in [1.29, 1.82) is 0 Å². The van der Waals surface area contributed by atoms with E-state index in [0.717, 1.165) is 28.2 Å². The van der Waals surface area contributed by atoms with E-state index in [1.807, 2.05) is 30.3 Å². The number of rotatable bonds is 7. The second kappa shape index (κ2) is 7.32. The van der Waals surface area contributed by atoms with Gasteiger partial charge >= 0.3 is 0 Å². The molecule has 3 nitrogen and oxygen atoms in total. The molecule has 0 saturated heterocycles. The lowest BCUT2D eigenvalue weighted by molar-refractivity contribution is 0.127. The van der Waals surface area contributed by atoms with Crippen LogP contribution < -0.4 is 4.74 Å². The van der Waals surface area contributed by atoms with Gasteiger partial charge in [-0.25, -0.2) is 0 Å². The Bertz CT molecular complexity index is 655. The summed E-state index contributed by atoms with van der Waals surface area (Å²) in [6.07, 6.45) is 2.37. The average molecular weight is 309 g/mol. The van der Waals surface area contributed by atoms with Crippen LogP contribution >= 0.6 is 0 Å². The first-order valence-electron chi connectivity index (χ1n) is 8.15. The quantitative estimate of drug-likeness (QED) is 0.550. The van der Waals surface area contributed by atoms with Crippen LogP contribution in [0.25, 0.3) is 0 Å². The van der Waals surface area contributed by atoms with E-state index in [0.29, 0.717) is 19.1 Å². The summed E-state index contributed by atoms with van der Waals surface area (Å²) in [7, 11) is 0. The Kier molecular flexibility index (Phi) is 4.96. The average Bonchev–Trinajstić information content (AvgIpc) is 3.38. The predicted octanol–water partition coefficient (Wildman–Crippen LogP) is 4.67. The van der Waals surface area contributed by atoms with Gasteiger partial charge in [-0.3, -0.25) is 0 Å². The zero-order valence-electron chi connectivity index (χ0n) is 13.8. The molecule has 1 aliphatic carbocycles. The number of nitrogens with zero attached hydrogens (tertiary/aromatic N) is 1. The van der Waals surface area contributed by atoms with Gasteiger partial charge in [-0.05, 0) is 43.4 Å². The summed E-state index contributed by atoms with van der Waals surface area (Å²) in [6, 6.07) is 16.3. The summed E-state index contributed by atoms with van der Waals surface area (Å²) in [6.45, 7) is 5.15. The molecule has 3 rings (SSSR count). The number of para-hydroxylation sites is 1. The molecule has 0 spiro atoms. The molecule has 0 aliphatic heterocycles. The van der Waals surface area contributed by atoms with Gasteiger partial charge in [-0.1, -0.05) is 53.7 Å². The molecule has 1 aliphatic rings. The molecule has 0 aromatic heterocycles. The minimum Gasteiger partial charge on any atom is -0.487 e. The van der Waals surface area contributed by atoms with Crippen molar-refractivity contribution in [1.82, 2.24) is 0 Å². The van der Waals surface area contributed by atoms with Crippen molar-refractivity contribution in [2.45, 2.75) is 33.3 Å². The number of aryl methyl sites for hydroxylation is 2. The molecule has 2 aromatic carbocycles. The Hall–Kier alpha value is -2.29. The second-order valence-corrected chi connectivity index (χ2v) is 6.13. The van der Waals surface area contributed by atoms with Crippen LogP contribution in [0.3, 0.4) is 0 Å². The fourth-order valence-corrected chi connectivity index (χ4v) is 2.57. The molecule has 0 heterocycles. The van der Waals surface area contributed by atoms with Gasteiger partial charge in [0.2, 0.25) is 0 Å². The lowest BCUT2D eigenvalue weighted by Crippen LogP contribution is -2.15. The Morgan fingerprint density at radius 2 is 1.70 bits per heavy atom. The lowest BCUT2D eigenvalue weighted by atomic mass is 10.1. The SMILES string of the molecule is Cc1cccc(C)c1OC/C(=N/OCc1ccccc1)C1CC1. The molecule has 0 radical (unpaired) electrons. The van der Waals surface area contributed by atoms with E-state index in [-0.39, 0.29) is 0 Å². The summed E-state index contributed by atoms with van der Waals surface area (Å²) in [4.78, 5) is 5.54. The molecule has 3 heteroatoms. The minimum absolute atomic E-state index is 0.500. The standard InChI is InChI=1S/C20H23NO2/c1-15-7-6-8-16(2)20(15)22-14-19(18-11-12-18)21-23-13-17-9-4-3-5-10-17/h3-10,18H,11-14H2,1-2H3/b21-19-. The zero-order valence-corrected chi connectivity index (χ0v) is 13.8. The first kappa shape index (κ1) is 15.6. The van der Waals surface area contributed by atoms with Gasteiger partial charge in [0.1, 0.15) is 19.0 Å². The highest BCUT2D eigenvalue weighted by molar-refractivity contribution is 5.89. The Morgan fingerprint density at radius 1 is 1.00 bits per heavy atom. The molecule has 0 atom stereocenters. The normalized spacial score (nSPS) is 14.6. The largest absolute Gasteiger partial charge is 0.487 e. The maximum Gasteiger partial charge on any atom is 0.142 e. The maximum atomic E-state index is 6.02. The Labute approximate surface area is 137 Å². The molecular formula is C20H23NO2. The zero-order chi connectivity index (χ0) is 16.1. The van der Waals surface area contributed by atoms with Crippen molar-refractivity contribution >= 4 is 5.71 Å². The fraction of sp³-hybridized carbons (Fsp3) is 0.350. The number of oxime groups is 1. The van der Waals surface area contributed by atoms with Crippen LogP contribution in [0.15, 0.2) is 53.7 Å². The molecule has 0 unspecified atom stereocenters. The smallest absolute Gasteiger partial charge is 0.142 e. The van der Waals surface area contributed by atoms with Gasteiger partial charge < -0.3 is 9.57 Å². The van der Waals surface area contributed by atoms with E-state index in [1.54, 1.807) is 0 Å². The molecular weight excluding hydrogens is 286 g/mol. The van der Waals surface area contributed by atoms with Crippen molar-refractivity contribution in [3.05, 3.63) is 65.2 Å². The summed E-state index contributed by atoms with van der Waals surface area (Å²) in [5.74, 6) is 1.49. The minimum atomic E-state index is 0.500. The summed E-state index contributed by atoms with van der Waals surface area (Å²) < 4.78 is 6.02. The van der Waals surface area contributed by atoms with Gasteiger partial charge in [-0.15, -0.1) is 0 Å². The van der Waals surface area contributed by atoms with Crippen LogP contribution in [0.4, 0.5) is 0 Å². The van der Waals surface area contributed by atoms with E-state index < -0.39 is 0 Å². The van der Waals surface area contributed by atoms with Gasteiger partial charge in [0.05, 0.1) is 5.71 Å². The third-order valence-electron chi connectivity index (χ3n) is 4.08. The van der Waals surface area contributed by atoms with E-state index >= 15 is 0 Å². The molecule has 0 N–H and O–H groups in total. The van der Waals surface area contributed by atoms with Gasteiger partial charge in [-0.2, -0.15) is 0 Å². The van der Waals surface area contributed by atoms with Gasteiger partial charge in [0.25, 0.3) is 0 Å². The van der Waals surface area contributed by atoms with Crippen molar-refractivity contribution in [3.8, 4) is 5.75 Å². The monoisotopic (exact) mass is 309 g/mol. The highest BCUT2D eigenvalue weighted by Crippen LogP contribution is 2.31. The topological polar surface area (TPSA) is 30.8 Å². The van der Waals surface area contributed by atoms with Crippen molar-refractivity contribution in [3.63, 3.8) is 0 Å². The van der Waals surface area contributed by atoms with E-state index in [1.165, 1.54) is 12.8 Å². The van der Waals surface area contributed by atoms with E-state index in [2.05, 4.69) is 37.2 Å². The van der Waals surface area contributed by atoms with Crippen LogP contribution in [0, 0.1) is 19.8 Å². The van der Waals surface area contributed by atoms with E-state index in [9.17, 15) is 0 Å². The van der Waals surface area contributed by atoms with Crippen LogP contribution in [-0.4, -0.2) is 12.3 Å². The van der Waals surface area contributed by atoms with Gasteiger partial charge in [0.15, 0.2) is 0 Å². The molecule has 0 bridgehead atoms. The van der Waals surface area contributed by atoms with Crippen molar-refractivity contribution in [2.24, 2.45) is 11.1 Å². The molecule has 23 heavy (non-hydrogen) atoms. The van der Waals surface area contributed by atoms with Crippen LogP contribution in [0.1, 0.15) is 29.5 Å². The van der Waals surface area contributed by atoms with Crippen LogP contribution in [-0.2, 0) is 11.4 Å². The Balaban J connectivity index is 1.60. The summed E-state index contributed by atoms with van der Waals surface area (Å²) in [5, 5.41) is 4.35. The van der Waals surface area contributed by atoms with Gasteiger partial charge in [0, 0.05) is 5.92 Å². The third-order valence-corrected chi connectivity index (χ3v) is 4.08. The molecule has 120 valence electrons. The van der Waals surface area contributed by atoms with Crippen LogP contribution in [0.2, 0.25) is 0 Å². The summed E-state index contributed by atoms with van der Waals surface area (Å²) >= 11 is 0. The predicted molar refractivity (Wildman–Crippen MR) is 92.8 cm³/mol. The number of hydrogen-bond acceptors (Lipinski definition) is 3. The molecule has 1 saturated carbocycles.